The Labute approximate surface area is 190 Å². The minimum absolute atomic E-state index is 0.0668. The number of nitrogens with zero attached hydrogens (tertiary/aromatic N) is 4. The Hall–Kier alpha value is -2.95. The lowest BCUT2D eigenvalue weighted by molar-refractivity contribution is -0.138. The highest BCUT2D eigenvalue weighted by Gasteiger charge is 2.33. The van der Waals surface area contributed by atoms with Crippen LogP contribution in [0, 0.1) is 13.8 Å². The first-order valence-corrected chi connectivity index (χ1v) is 12.3. The quantitative estimate of drug-likeness (QED) is 0.604. The summed E-state index contributed by atoms with van der Waals surface area (Å²) in [5.41, 5.74) is 0.667. The van der Waals surface area contributed by atoms with E-state index in [2.05, 4.69) is 20.5 Å². The molecule has 0 radical (unpaired) electrons. The number of aromatic nitrogens is 3. The number of hydrogen-bond acceptors (Lipinski definition) is 7. The van der Waals surface area contributed by atoms with E-state index in [1.807, 2.05) is 11.0 Å². The van der Waals surface area contributed by atoms with Crippen molar-refractivity contribution in [1.29, 1.82) is 0 Å². The van der Waals surface area contributed by atoms with Gasteiger partial charge in [0, 0.05) is 30.1 Å². The number of pyridine rings is 1. The van der Waals surface area contributed by atoms with Gasteiger partial charge in [0.15, 0.2) is 15.7 Å². The van der Waals surface area contributed by atoms with Crippen molar-refractivity contribution in [3.8, 4) is 0 Å². The Bertz CT molecular complexity index is 1300. The number of anilines is 2. The first-order chi connectivity index (χ1) is 15.5. The summed E-state index contributed by atoms with van der Waals surface area (Å²) in [4.78, 5) is 6.38. The fourth-order valence-electron chi connectivity index (χ4n) is 4.09. The van der Waals surface area contributed by atoms with Gasteiger partial charge in [-0.2, -0.15) is 18.3 Å². The fourth-order valence-corrected chi connectivity index (χ4v) is 5.30. The van der Waals surface area contributed by atoms with Crippen molar-refractivity contribution < 1.29 is 21.6 Å². The van der Waals surface area contributed by atoms with E-state index in [-0.39, 0.29) is 17.1 Å². The smallest absolute Gasteiger partial charge is 0.362 e. The zero-order valence-electron chi connectivity index (χ0n) is 18.4. The maximum absolute atomic E-state index is 13.3. The van der Waals surface area contributed by atoms with E-state index in [4.69, 9.17) is 0 Å². The monoisotopic (exact) mass is 479 g/mol. The SMILES string of the molecule is Cc1c([C@@H](C)Nc2nnc(C)c3cnc(N4CCS(=O)(=O)CC4)cc23)cccc1C(F)(F)F. The highest BCUT2D eigenvalue weighted by Crippen LogP contribution is 2.36. The van der Waals surface area contributed by atoms with Gasteiger partial charge in [-0.05, 0) is 44.0 Å². The minimum atomic E-state index is -4.43. The molecule has 2 aromatic heterocycles. The van der Waals surface area contributed by atoms with Crippen molar-refractivity contribution in [2.24, 2.45) is 0 Å². The number of fused-ring (bicyclic) bond motifs is 1. The molecular weight excluding hydrogens is 455 g/mol. The molecule has 1 aliphatic rings. The standard InChI is InChI=1S/C22H24F3N5O2S/c1-13-16(5-4-6-19(13)22(23,24)25)14(2)27-21-17-11-20(26-12-18(17)15(3)28-29-21)30-7-9-33(31,32)10-8-30/h4-6,11-12,14H,7-10H2,1-3H3,(H,27,29)/t14-/m1/s1. The summed E-state index contributed by atoms with van der Waals surface area (Å²) in [6.45, 7) is 5.73. The van der Waals surface area contributed by atoms with Crippen LogP contribution in [0.4, 0.5) is 24.8 Å². The lowest BCUT2D eigenvalue weighted by Crippen LogP contribution is -2.40. The van der Waals surface area contributed by atoms with Crippen molar-refractivity contribution in [2.45, 2.75) is 33.0 Å². The van der Waals surface area contributed by atoms with Gasteiger partial charge < -0.3 is 10.2 Å². The van der Waals surface area contributed by atoms with E-state index in [0.717, 1.165) is 16.8 Å². The van der Waals surface area contributed by atoms with Crippen molar-refractivity contribution >= 4 is 32.2 Å². The molecule has 0 saturated carbocycles. The van der Waals surface area contributed by atoms with Gasteiger partial charge >= 0.3 is 6.18 Å². The van der Waals surface area contributed by atoms with Crippen molar-refractivity contribution in [2.75, 3.05) is 34.8 Å². The topological polar surface area (TPSA) is 88.1 Å². The molecule has 3 heterocycles. The zero-order chi connectivity index (χ0) is 24.0. The maximum Gasteiger partial charge on any atom is 0.416 e. The van der Waals surface area contributed by atoms with Crippen LogP contribution in [0.15, 0.2) is 30.5 Å². The van der Waals surface area contributed by atoms with Crippen LogP contribution in [-0.4, -0.2) is 48.2 Å². The number of rotatable bonds is 4. The van der Waals surface area contributed by atoms with E-state index in [0.29, 0.717) is 36.0 Å². The van der Waals surface area contributed by atoms with Gasteiger partial charge in [-0.1, -0.05) is 12.1 Å². The second-order valence-electron chi connectivity index (χ2n) is 8.24. The molecule has 1 atom stereocenters. The molecule has 1 saturated heterocycles. The first kappa shape index (κ1) is 23.2. The molecule has 0 bridgehead atoms. The summed E-state index contributed by atoms with van der Waals surface area (Å²) in [5, 5.41) is 13.1. The van der Waals surface area contributed by atoms with Crippen LogP contribution in [0.25, 0.3) is 10.8 Å². The van der Waals surface area contributed by atoms with Crippen molar-refractivity contribution in [3.63, 3.8) is 0 Å². The Morgan fingerprint density at radius 2 is 1.79 bits per heavy atom. The Balaban J connectivity index is 1.69. The van der Waals surface area contributed by atoms with Crippen molar-refractivity contribution in [1.82, 2.24) is 15.2 Å². The molecule has 1 aromatic carbocycles. The molecule has 4 rings (SSSR count). The maximum atomic E-state index is 13.3. The predicted octanol–water partition coefficient (Wildman–Crippen LogP) is 4.07. The molecule has 1 N–H and O–H groups in total. The summed E-state index contributed by atoms with van der Waals surface area (Å²) >= 11 is 0. The van der Waals surface area contributed by atoms with Gasteiger partial charge in [0.2, 0.25) is 0 Å². The van der Waals surface area contributed by atoms with Crippen LogP contribution in [0.3, 0.4) is 0 Å². The number of benzene rings is 1. The van der Waals surface area contributed by atoms with E-state index < -0.39 is 27.6 Å². The second kappa shape index (κ2) is 8.44. The summed E-state index contributed by atoms with van der Waals surface area (Å²) in [6, 6.07) is 5.48. The second-order valence-corrected chi connectivity index (χ2v) is 10.5. The summed E-state index contributed by atoms with van der Waals surface area (Å²) < 4.78 is 63.6. The van der Waals surface area contributed by atoms with Gasteiger partial charge in [-0.25, -0.2) is 13.4 Å². The van der Waals surface area contributed by atoms with Crippen LogP contribution in [-0.2, 0) is 16.0 Å². The first-order valence-electron chi connectivity index (χ1n) is 10.5. The molecule has 7 nitrogen and oxygen atoms in total. The third-order valence-electron chi connectivity index (χ3n) is 6.00. The Morgan fingerprint density at radius 3 is 2.45 bits per heavy atom. The largest absolute Gasteiger partial charge is 0.416 e. The van der Waals surface area contributed by atoms with Crippen LogP contribution >= 0.6 is 0 Å². The van der Waals surface area contributed by atoms with Crippen LogP contribution in [0.5, 0.6) is 0 Å². The normalized spacial score (nSPS) is 17.2. The average Bonchev–Trinajstić information content (AvgIpc) is 2.75. The number of sulfone groups is 1. The lowest BCUT2D eigenvalue weighted by atomic mass is 9.97. The Kier molecular flexibility index (Phi) is 5.94. The minimum Gasteiger partial charge on any atom is -0.362 e. The summed E-state index contributed by atoms with van der Waals surface area (Å²) in [7, 11) is -3.03. The highest BCUT2D eigenvalue weighted by molar-refractivity contribution is 7.91. The molecule has 0 unspecified atom stereocenters. The average molecular weight is 480 g/mol. The number of halogens is 3. The Morgan fingerprint density at radius 1 is 1.09 bits per heavy atom. The van der Waals surface area contributed by atoms with Gasteiger partial charge in [0.1, 0.15) is 5.82 Å². The number of alkyl halides is 3. The van der Waals surface area contributed by atoms with Gasteiger partial charge in [-0.15, -0.1) is 5.10 Å². The lowest BCUT2D eigenvalue weighted by Gasteiger charge is -2.28. The molecule has 11 heteroatoms. The van der Waals surface area contributed by atoms with Crippen molar-refractivity contribution in [3.05, 3.63) is 52.8 Å². The molecule has 0 spiro atoms. The number of aryl methyl sites for hydroxylation is 1. The highest BCUT2D eigenvalue weighted by atomic mass is 32.2. The molecule has 1 aliphatic heterocycles. The summed E-state index contributed by atoms with van der Waals surface area (Å²) in [5.74, 6) is 1.18. The van der Waals surface area contributed by atoms with Gasteiger partial charge in [0.05, 0.1) is 28.8 Å². The van der Waals surface area contributed by atoms with Gasteiger partial charge in [-0.3, -0.25) is 0 Å². The fraction of sp³-hybridized carbons (Fsp3) is 0.409. The molecule has 0 aliphatic carbocycles. The van der Waals surface area contributed by atoms with E-state index in [1.165, 1.54) is 13.0 Å². The number of hydrogen-bond donors (Lipinski definition) is 1. The molecule has 1 fully saturated rings. The molecule has 33 heavy (non-hydrogen) atoms. The third kappa shape index (κ3) is 4.73. The molecule has 0 amide bonds. The van der Waals surface area contributed by atoms with Crippen LogP contribution < -0.4 is 10.2 Å². The van der Waals surface area contributed by atoms with Crippen LogP contribution in [0.1, 0.15) is 35.3 Å². The third-order valence-corrected chi connectivity index (χ3v) is 7.61. The molecular formula is C22H24F3N5O2S. The zero-order valence-corrected chi connectivity index (χ0v) is 19.3. The van der Waals surface area contributed by atoms with E-state index in [1.54, 1.807) is 26.1 Å². The van der Waals surface area contributed by atoms with E-state index >= 15 is 0 Å². The van der Waals surface area contributed by atoms with Gasteiger partial charge in [0.25, 0.3) is 0 Å². The molecule has 176 valence electrons. The van der Waals surface area contributed by atoms with Crippen LogP contribution in [0.2, 0.25) is 0 Å². The van der Waals surface area contributed by atoms with E-state index in [9.17, 15) is 21.6 Å². The summed E-state index contributed by atoms with van der Waals surface area (Å²) in [6.07, 6.45) is -2.76. The number of nitrogens with one attached hydrogen (secondary N) is 1. The predicted molar refractivity (Wildman–Crippen MR) is 121 cm³/mol. The molecule has 3 aromatic rings.